The second-order valence-corrected chi connectivity index (χ2v) is 8.19. The van der Waals surface area contributed by atoms with Crippen LogP contribution in [0.5, 0.6) is 5.75 Å². The third-order valence-corrected chi connectivity index (χ3v) is 5.31. The Bertz CT molecular complexity index is 1270. The number of rotatable bonds is 9. The molecule has 0 N–H and O–H groups in total. The second-order valence-electron chi connectivity index (χ2n) is 6.86. The zero-order valence-electron chi connectivity index (χ0n) is 17.3. The molecule has 166 valence electrons. The van der Waals surface area contributed by atoms with E-state index in [1.807, 2.05) is 13.0 Å². The van der Waals surface area contributed by atoms with Crippen molar-refractivity contribution in [2.45, 2.75) is 26.2 Å². The maximum Gasteiger partial charge on any atom is 0.313 e. The summed E-state index contributed by atoms with van der Waals surface area (Å²) < 4.78 is 7.31. The Kier molecular flexibility index (Phi) is 7.76. The summed E-state index contributed by atoms with van der Waals surface area (Å²) in [4.78, 5) is 28.6. The van der Waals surface area contributed by atoms with Crippen LogP contribution in [0.25, 0.3) is 10.9 Å². The maximum atomic E-state index is 13.1. The first-order valence-electron chi connectivity index (χ1n) is 9.82. The molecule has 0 atom stereocenters. The first-order chi connectivity index (χ1) is 15.3. The SMILES string of the molecule is C=CCOc1c(Cl)cc(C=Nn2c(CCCC)nc3ccc(Br)cc3c2=O)cc1[N+](=O)[O-]. The average Bonchev–Trinajstić information content (AvgIpc) is 2.76. The van der Waals surface area contributed by atoms with Gasteiger partial charge in [-0.15, -0.1) is 0 Å². The summed E-state index contributed by atoms with van der Waals surface area (Å²) in [6.07, 6.45) is 5.12. The molecule has 10 heteroatoms. The van der Waals surface area contributed by atoms with Gasteiger partial charge in [-0.25, -0.2) is 4.98 Å². The van der Waals surface area contributed by atoms with Crippen molar-refractivity contribution in [3.05, 3.63) is 84.3 Å². The highest BCUT2D eigenvalue weighted by molar-refractivity contribution is 9.10. The van der Waals surface area contributed by atoms with Gasteiger partial charge in [0.05, 0.1) is 27.1 Å². The number of aryl methyl sites for hydroxylation is 1. The number of nitrogens with zero attached hydrogens (tertiary/aromatic N) is 4. The summed E-state index contributed by atoms with van der Waals surface area (Å²) in [6.45, 7) is 5.64. The summed E-state index contributed by atoms with van der Waals surface area (Å²) in [5.41, 5.74) is 0.290. The first kappa shape index (κ1) is 23.6. The third-order valence-electron chi connectivity index (χ3n) is 4.54. The van der Waals surface area contributed by atoms with E-state index in [4.69, 9.17) is 16.3 Å². The van der Waals surface area contributed by atoms with Crippen LogP contribution in [0.4, 0.5) is 5.69 Å². The molecule has 3 aromatic rings. The van der Waals surface area contributed by atoms with Crippen LogP contribution < -0.4 is 10.3 Å². The Morgan fingerprint density at radius 1 is 1.38 bits per heavy atom. The minimum absolute atomic E-state index is 0.0493. The molecule has 0 fully saturated rings. The van der Waals surface area contributed by atoms with Crippen molar-refractivity contribution in [3.63, 3.8) is 0 Å². The lowest BCUT2D eigenvalue weighted by atomic mass is 10.2. The topological polar surface area (TPSA) is 99.6 Å². The van der Waals surface area contributed by atoms with Crippen LogP contribution in [-0.4, -0.2) is 27.4 Å². The van der Waals surface area contributed by atoms with E-state index in [1.54, 1.807) is 12.1 Å². The molecule has 32 heavy (non-hydrogen) atoms. The van der Waals surface area contributed by atoms with E-state index in [0.717, 1.165) is 17.3 Å². The van der Waals surface area contributed by atoms with E-state index < -0.39 is 4.92 Å². The summed E-state index contributed by atoms with van der Waals surface area (Å²) in [6, 6.07) is 8.06. The van der Waals surface area contributed by atoms with Gasteiger partial charge in [0.1, 0.15) is 12.4 Å². The number of benzene rings is 2. The predicted molar refractivity (Wildman–Crippen MR) is 129 cm³/mol. The smallest absolute Gasteiger partial charge is 0.313 e. The fraction of sp³-hybridized carbons (Fsp3) is 0.227. The number of hydrogen-bond donors (Lipinski definition) is 0. The molecule has 1 heterocycles. The number of fused-ring (bicyclic) bond motifs is 1. The molecule has 0 unspecified atom stereocenters. The summed E-state index contributed by atoms with van der Waals surface area (Å²) in [7, 11) is 0. The normalized spacial score (nSPS) is 11.2. The lowest BCUT2D eigenvalue weighted by molar-refractivity contribution is -0.385. The average molecular weight is 520 g/mol. The highest BCUT2D eigenvalue weighted by Gasteiger charge is 2.20. The standard InChI is InChI=1S/C22H20BrClN4O4/c1-3-5-6-20-26-18-8-7-15(23)12-16(18)22(29)27(20)25-13-14-10-17(24)21(32-9-4-2)19(11-14)28(30)31/h4,7-8,10-13H,2-3,5-6,9H2,1H3. The Balaban J connectivity index is 2.11. The van der Waals surface area contributed by atoms with Gasteiger partial charge >= 0.3 is 5.69 Å². The predicted octanol–water partition coefficient (Wildman–Crippen LogP) is 5.51. The van der Waals surface area contributed by atoms with Crippen molar-refractivity contribution in [1.82, 2.24) is 9.66 Å². The second kappa shape index (κ2) is 10.5. The van der Waals surface area contributed by atoms with E-state index in [2.05, 4.69) is 32.6 Å². The van der Waals surface area contributed by atoms with Crippen LogP contribution in [0.2, 0.25) is 5.02 Å². The molecule has 0 aliphatic carbocycles. The van der Waals surface area contributed by atoms with Gasteiger partial charge in [-0.05, 0) is 30.7 Å². The zero-order chi connectivity index (χ0) is 23.3. The Labute approximate surface area is 197 Å². The fourth-order valence-corrected chi connectivity index (χ4v) is 3.67. The Morgan fingerprint density at radius 2 is 2.16 bits per heavy atom. The van der Waals surface area contributed by atoms with Gasteiger partial charge in [0.2, 0.25) is 5.75 Å². The highest BCUT2D eigenvalue weighted by atomic mass is 79.9. The summed E-state index contributed by atoms with van der Waals surface area (Å²) in [5, 5.41) is 16.3. The van der Waals surface area contributed by atoms with Gasteiger partial charge in [-0.1, -0.05) is 53.5 Å². The van der Waals surface area contributed by atoms with E-state index in [0.29, 0.717) is 28.7 Å². The van der Waals surface area contributed by atoms with Crippen LogP contribution in [0, 0.1) is 10.1 Å². The molecule has 0 aliphatic rings. The molecule has 0 spiro atoms. The van der Waals surface area contributed by atoms with E-state index >= 15 is 0 Å². The lowest BCUT2D eigenvalue weighted by Gasteiger charge is -2.10. The number of halogens is 2. The number of nitro groups is 1. The van der Waals surface area contributed by atoms with Crippen LogP contribution >= 0.6 is 27.5 Å². The molecule has 2 aromatic carbocycles. The Morgan fingerprint density at radius 3 is 2.84 bits per heavy atom. The van der Waals surface area contributed by atoms with Crippen molar-refractivity contribution < 1.29 is 9.66 Å². The fourth-order valence-electron chi connectivity index (χ4n) is 3.03. The van der Waals surface area contributed by atoms with Gasteiger partial charge in [0.25, 0.3) is 5.56 Å². The van der Waals surface area contributed by atoms with Crippen molar-refractivity contribution >= 4 is 50.3 Å². The van der Waals surface area contributed by atoms with Gasteiger partial charge in [-0.3, -0.25) is 14.9 Å². The summed E-state index contributed by atoms with van der Waals surface area (Å²) in [5.74, 6) is 0.459. The third kappa shape index (κ3) is 5.23. The molecule has 0 radical (unpaired) electrons. The van der Waals surface area contributed by atoms with Crippen LogP contribution in [0.3, 0.4) is 0 Å². The van der Waals surface area contributed by atoms with Crippen LogP contribution in [0.15, 0.2) is 57.4 Å². The zero-order valence-corrected chi connectivity index (χ0v) is 19.6. The molecular formula is C22H20BrClN4O4. The minimum atomic E-state index is -0.588. The number of hydrogen-bond acceptors (Lipinski definition) is 6. The van der Waals surface area contributed by atoms with E-state index in [1.165, 1.54) is 29.1 Å². The van der Waals surface area contributed by atoms with E-state index in [-0.39, 0.29) is 28.6 Å². The molecular weight excluding hydrogens is 500 g/mol. The minimum Gasteiger partial charge on any atom is -0.482 e. The van der Waals surface area contributed by atoms with Gasteiger partial charge in [0, 0.05) is 22.5 Å². The van der Waals surface area contributed by atoms with Crippen LogP contribution in [-0.2, 0) is 6.42 Å². The van der Waals surface area contributed by atoms with Gasteiger partial charge in [-0.2, -0.15) is 9.78 Å². The van der Waals surface area contributed by atoms with Crippen molar-refractivity contribution in [2.75, 3.05) is 6.61 Å². The highest BCUT2D eigenvalue weighted by Crippen LogP contribution is 2.35. The van der Waals surface area contributed by atoms with Crippen molar-refractivity contribution in [2.24, 2.45) is 5.10 Å². The van der Waals surface area contributed by atoms with Gasteiger partial charge < -0.3 is 4.74 Å². The van der Waals surface area contributed by atoms with Gasteiger partial charge in [0.15, 0.2) is 0 Å². The number of unbranched alkanes of at least 4 members (excludes halogenated alkanes) is 1. The molecule has 0 amide bonds. The maximum absolute atomic E-state index is 13.1. The summed E-state index contributed by atoms with van der Waals surface area (Å²) >= 11 is 9.58. The van der Waals surface area contributed by atoms with Crippen molar-refractivity contribution in [3.8, 4) is 5.75 Å². The Hall–Kier alpha value is -3.04. The molecule has 8 nitrogen and oxygen atoms in total. The number of nitro benzene ring substituents is 1. The molecule has 3 rings (SSSR count). The largest absolute Gasteiger partial charge is 0.482 e. The lowest BCUT2D eigenvalue weighted by Crippen LogP contribution is -2.22. The number of ether oxygens (including phenoxy) is 1. The quantitative estimate of drug-likeness (QED) is 0.161. The molecule has 1 aromatic heterocycles. The van der Waals surface area contributed by atoms with E-state index in [9.17, 15) is 14.9 Å². The van der Waals surface area contributed by atoms with Crippen molar-refractivity contribution in [1.29, 1.82) is 0 Å². The van der Waals surface area contributed by atoms with Crippen LogP contribution in [0.1, 0.15) is 31.2 Å². The number of aromatic nitrogens is 2. The monoisotopic (exact) mass is 518 g/mol. The first-order valence-corrected chi connectivity index (χ1v) is 11.0. The molecule has 0 aliphatic heterocycles. The molecule has 0 saturated carbocycles. The molecule has 0 bridgehead atoms. The molecule has 0 saturated heterocycles.